The summed E-state index contributed by atoms with van der Waals surface area (Å²) in [5, 5.41) is 2.15. The lowest BCUT2D eigenvalue weighted by atomic mass is 10.1. The second-order valence-corrected chi connectivity index (χ2v) is 4.14. The van der Waals surface area contributed by atoms with Crippen molar-refractivity contribution in [2.75, 3.05) is 18.8 Å². The predicted molar refractivity (Wildman–Crippen MR) is 64.3 cm³/mol. The van der Waals surface area contributed by atoms with E-state index in [1.165, 1.54) is 4.90 Å². The maximum absolute atomic E-state index is 11.9. The number of imide groups is 1. The number of nitrogens with one attached hydrogen (secondary N) is 1. The number of rotatable bonds is 2. The Balaban J connectivity index is 2.01. The molecule has 18 heavy (non-hydrogen) atoms. The van der Waals surface area contributed by atoms with E-state index in [9.17, 15) is 14.4 Å². The number of piperazine rings is 1. The normalized spacial score (nSPS) is 15.4. The molecule has 94 valence electrons. The van der Waals surface area contributed by atoms with E-state index in [2.05, 4.69) is 5.32 Å². The van der Waals surface area contributed by atoms with Crippen LogP contribution in [-0.4, -0.2) is 35.7 Å². The van der Waals surface area contributed by atoms with Crippen LogP contribution >= 0.6 is 0 Å². The summed E-state index contributed by atoms with van der Waals surface area (Å²) < 4.78 is 0. The van der Waals surface area contributed by atoms with Crippen LogP contribution in [0.1, 0.15) is 5.56 Å². The van der Waals surface area contributed by atoms with Crippen molar-refractivity contribution < 1.29 is 14.4 Å². The predicted octanol–water partition coefficient (Wildman–Crippen LogP) is -0.704. The van der Waals surface area contributed by atoms with E-state index >= 15 is 0 Å². The van der Waals surface area contributed by atoms with Crippen LogP contribution in [0.3, 0.4) is 0 Å². The lowest BCUT2D eigenvalue weighted by Crippen LogP contribution is -2.53. The van der Waals surface area contributed by atoms with Crippen molar-refractivity contribution in [2.24, 2.45) is 0 Å². The molecule has 3 amide bonds. The summed E-state index contributed by atoms with van der Waals surface area (Å²) in [4.78, 5) is 35.4. The average Bonchev–Trinajstić information content (AvgIpc) is 2.31. The summed E-state index contributed by atoms with van der Waals surface area (Å²) in [5.74, 6) is -1.14. The monoisotopic (exact) mass is 247 g/mol. The summed E-state index contributed by atoms with van der Waals surface area (Å²) in [6, 6.07) is 6.91. The molecular weight excluding hydrogens is 234 g/mol. The topological polar surface area (TPSA) is 92.5 Å². The fraction of sp³-hybridized carbons (Fsp3) is 0.250. The van der Waals surface area contributed by atoms with Crippen LogP contribution in [0.15, 0.2) is 24.3 Å². The number of benzene rings is 1. The van der Waals surface area contributed by atoms with Gasteiger partial charge in [-0.3, -0.25) is 19.7 Å². The molecule has 0 aromatic heterocycles. The molecule has 6 nitrogen and oxygen atoms in total. The molecule has 0 bridgehead atoms. The smallest absolute Gasteiger partial charge is 0.246 e. The highest BCUT2D eigenvalue weighted by Gasteiger charge is 2.25. The first-order valence-electron chi connectivity index (χ1n) is 5.49. The molecule has 1 aliphatic rings. The highest BCUT2D eigenvalue weighted by atomic mass is 16.2. The van der Waals surface area contributed by atoms with Gasteiger partial charge in [0.2, 0.25) is 17.7 Å². The molecule has 0 spiro atoms. The largest absolute Gasteiger partial charge is 0.399 e. The Bertz CT molecular complexity index is 480. The minimum Gasteiger partial charge on any atom is -0.399 e. The van der Waals surface area contributed by atoms with Crippen molar-refractivity contribution in [3.05, 3.63) is 29.8 Å². The highest BCUT2D eigenvalue weighted by molar-refractivity contribution is 6.02. The van der Waals surface area contributed by atoms with Crippen LogP contribution in [0.25, 0.3) is 0 Å². The summed E-state index contributed by atoms with van der Waals surface area (Å²) in [6.45, 7) is -0.140. The third kappa shape index (κ3) is 2.85. The molecule has 1 aliphatic heterocycles. The third-order valence-electron chi connectivity index (χ3n) is 2.64. The molecule has 1 aromatic rings. The molecule has 0 aliphatic carbocycles. The first-order chi connectivity index (χ1) is 8.54. The van der Waals surface area contributed by atoms with E-state index in [4.69, 9.17) is 5.73 Å². The Morgan fingerprint density at radius 2 is 1.72 bits per heavy atom. The molecule has 1 fully saturated rings. The Labute approximate surface area is 104 Å². The second-order valence-electron chi connectivity index (χ2n) is 4.14. The fourth-order valence-electron chi connectivity index (χ4n) is 1.74. The average molecular weight is 247 g/mol. The van der Waals surface area contributed by atoms with E-state index in [0.717, 1.165) is 5.56 Å². The zero-order valence-corrected chi connectivity index (χ0v) is 9.68. The minimum atomic E-state index is -0.447. The summed E-state index contributed by atoms with van der Waals surface area (Å²) in [5.41, 5.74) is 6.97. The standard InChI is InChI=1S/C12H13N3O3/c13-9-3-1-8(2-4-9)5-12(18)15-6-10(16)14-11(17)7-15/h1-4H,5-7,13H2,(H,14,16,17). The third-order valence-corrected chi connectivity index (χ3v) is 2.64. The number of hydrogen-bond acceptors (Lipinski definition) is 4. The number of anilines is 1. The second kappa shape index (κ2) is 4.87. The van der Waals surface area contributed by atoms with Gasteiger partial charge in [0, 0.05) is 5.69 Å². The zero-order chi connectivity index (χ0) is 13.1. The van der Waals surface area contributed by atoms with Gasteiger partial charge in [0.15, 0.2) is 0 Å². The van der Waals surface area contributed by atoms with Crippen LogP contribution in [0.2, 0.25) is 0 Å². The quantitative estimate of drug-likeness (QED) is 0.533. The van der Waals surface area contributed by atoms with Gasteiger partial charge in [-0.05, 0) is 17.7 Å². The Morgan fingerprint density at radius 3 is 2.28 bits per heavy atom. The van der Waals surface area contributed by atoms with E-state index in [1.807, 2.05) is 0 Å². The van der Waals surface area contributed by atoms with Crippen molar-refractivity contribution in [1.29, 1.82) is 0 Å². The first kappa shape index (κ1) is 12.1. The lowest BCUT2D eigenvalue weighted by molar-refractivity contribution is -0.145. The van der Waals surface area contributed by atoms with Crippen molar-refractivity contribution in [3.8, 4) is 0 Å². The Hall–Kier alpha value is -2.37. The number of carbonyl (C=O) groups is 3. The van der Waals surface area contributed by atoms with Gasteiger partial charge in [-0.25, -0.2) is 0 Å². The highest BCUT2D eigenvalue weighted by Crippen LogP contribution is 2.08. The van der Waals surface area contributed by atoms with E-state index in [1.54, 1.807) is 24.3 Å². The molecule has 0 atom stereocenters. The fourth-order valence-corrected chi connectivity index (χ4v) is 1.74. The molecule has 0 unspecified atom stereocenters. The lowest BCUT2D eigenvalue weighted by Gasteiger charge is -2.25. The molecule has 0 radical (unpaired) electrons. The van der Waals surface area contributed by atoms with Gasteiger partial charge >= 0.3 is 0 Å². The molecular formula is C12H13N3O3. The number of nitrogens with zero attached hydrogens (tertiary/aromatic N) is 1. The van der Waals surface area contributed by atoms with E-state index in [0.29, 0.717) is 5.69 Å². The molecule has 1 heterocycles. The molecule has 3 N–H and O–H groups in total. The van der Waals surface area contributed by atoms with Gasteiger partial charge in [0.25, 0.3) is 0 Å². The number of hydrogen-bond donors (Lipinski definition) is 2. The van der Waals surface area contributed by atoms with Crippen molar-refractivity contribution in [2.45, 2.75) is 6.42 Å². The minimum absolute atomic E-state index is 0.0699. The molecule has 6 heteroatoms. The van der Waals surface area contributed by atoms with Gasteiger partial charge in [-0.1, -0.05) is 12.1 Å². The molecule has 1 aromatic carbocycles. The first-order valence-corrected chi connectivity index (χ1v) is 5.49. The van der Waals surface area contributed by atoms with Gasteiger partial charge in [-0.2, -0.15) is 0 Å². The SMILES string of the molecule is Nc1ccc(CC(=O)N2CC(=O)NC(=O)C2)cc1. The van der Waals surface area contributed by atoms with E-state index < -0.39 is 11.8 Å². The Kier molecular flexibility index (Phi) is 3.27. The van der Waals surface area contributed by atoms with Gasteiger partial charge in [0.05, 0.1) is 6.42 Å². The van der Waals surface area contributed by atoms with Gasteiger partial charge in [-0.15, -0.1) is 0 Å². The molecule has 1 saturated heterocycles. The van der Waals surface area contributed by atoms with E-state index in [-0.39, 0.29) is 25.4 Å². The maximum Gasteiger partial charge on any atom is 0.246 e. The molecule has 0 saturated carbocycles. The van der Waals surface area contributed by atoms with Crippen LogP contribution in [0.4, 0.5) is 5.69 Å². The zero-order valence-electron chi connectivity index (χ0n) is 9.68. The van der Waals surface area contributed by atoms with Crippen molar-refractivity contribution >= 4 is 23.4 Å². The van der Waals surface area contributed by atoms with Crippen LogP contribution in [-0.2, 0) is 20.8 Å². The van der Waals surface area contributed by atoms with Crippen molar-refractivity contribution in [1.82, 2.24) is 10.2 Å². The van der Waals surface area contributed by atoms with Crippen LogP contribution < -0.4 is 11.1 Å². The van der Waals surface area contributed by atoms with Crippen molar-refractivity contribution in [3.63, 3.8) is 0 Å². The van der Waals surface area contributed by atoms with Crippen LogP contribution in [0, 0.1) is 0 Å². The Morgan fingerprint density at radius 1 is 1.17 bits per heavy atom. The summed E-state index contributed by atoms with van der Waals surface area (Å²) in [6.07, 6.45) is 0.154. The number of amides is 3. The maximum atomic E-state index is 11.9. The molecule has 2 rings (SSSR count). The van der Waals surface area contributed by atoms with Gasteiger partial charge < -0.3 is 10.6 Å². The summed E-state index contributed by atoms with van der Waals surface area (Å²) >= 11 is 0. The number of nitrogen functional groups attached to an aromatic ring is 1. The summed E-state index contributed by atoms with van der Waals surface area (Å²) in [7, 11) is 0. The number of nitrogens with two attached hydrogens (primary N) is 1. The van der Waals surface area contributed by atoms with Gasteiger partial charge in [0.1, 0.15) is 13.1 Å². The number of carbonyl (C=O) groups excluding carboxylic acids is 3. The van der Waals surface area contributed by atoms with Crippen LogP contribution in [0.5, 0.6) is 0 Å².